The first-order valence-electron chi connectivity index (χ1n) is 4.85. The minimum Gasteiger partial charge on any atom is -0.364 e. The standard InChI is InChI=1S/C7H6F6N4O4/c8-6(9,10)1-21-16-4(7(11,12)13)3(17(19)20)2(15-16)5(14)18/h4,15H,1H2,(H2,14,18). The number of hydrogen-bond acceptors (Lipinski definition) is 6. The molecule has 0 radical (unpaired) electrons. The van der Waals surface area contributed by atoms with Crippen molar-refractivity contribution in [1.82, 2.24) is 10.6 Å². The Morgan fingerprint density at radius 2 is 1.90 bits per heavy atom. The van der Waals surface area contributed by atoms with E-state index in [1.807, 2.05) is 0 Å². The van der Waals surface area contributed by atoms with Crippen molar-refractivity contribution in [2.75, 3.05) is 6.61 Å². The van der Waals surface area contributed by atoms with Crippen LogP contribution in [-0.4, -0.2) is 41.0 Å². The van der Waals surface area contributed by atoms with Crippen LogP contribution in [0.15, 0.2) is 11.4 Å². The summed E-state index contributed by atoms with van der Waals surface area (Å²) in [5.74, 6) is -1.66. The van der Waals surface area contributed by atoms with Crippen LogP contribution in [0.5, 0.6) is 0 Å². The van der Waals surface area contributed by atoms with Gasteiger partial charge in [-0.05, 0) is 0 Å². The summed E-state index contributed by atoms with van der Waals surface area (Å²) in [6, 6.07) is -3.22. The van der Waals surface area contributed by atoms with Gasteiger partial charge in [-0.3, -0.25) is 25.2 Å². The van der Waals surface area contributed by atoms with Crippen LogP contribution in [0.1, 0.15) is 0 Å². The first-order valence-corrected chi connectivity index (χ1v) is 4.85. The second-order valence-corrected chi connectivity index (χ2v) is 3.65. The number of carbonyl (C=O) groups excluding carboxylic acids is 1. The Balaban J connectivity index is 3.15. The number of alkyl halides is 6. The van der Waals surface area contributed by atoms with Crippen LogP contribution in [0, 0.1) is 10.1 Å². The summed E-state index contributed by atoms with van der Waals surface area (Å²) < 4.78 is 74.1. The fourth-order valence-corrected chi connectivity index (χ4v) is 1.39. The topological polar surface area (TPSA) is 111 Å². The normalized spacial score (nSPS) is 20.6. The van der Waals surface area contributed by atoms with Crippen molar-refractivity contribution in [3.63, 3.8) is 0 Å². The fourth-order valence-electron chi connectivity index (χ4n) is 1.39. The smallest absolute Gasteiger partial charge is 0.364 e. The number of primary amides is 1. The third kappa shape index (κ3) is 3.94. The molecule has 8 nitrogen and oxygen atoms in total. The van der Waals surface area contributed by atoms with Gasteiger partial charge in [0.2, 0.25) is 6.04 Å². The molecule has 0 aromatic heterocycles. The molecule has 3 N–H and O–H groups in total. The second kappa shape index (κ2) is 5.36. The number of nitro groups is 1. The number of carbonyl (C=O) groups is 1. The SMILES string of the molecule is NC(=O)C1=C([N+](=O)[O-])C(C(F)(F)F)N(OCC(F)(F)F)N1. The molecule has 1 rings (SSSR count). The van der Waals surface area contributed by atoms with Crippen molar-refractivity contribution in [1.29, 1.82) is 0 Å². The van der Waals surface area contributed by atoms with Crippen molar-refractivity contribution < 1.29 is 40.9 Å². The van der Waals surface area contributed by atoms with Crippen LogP contribution >= 0.6 is 0 Å². The summed E-state index contributed by atoms with van der Waals surface area (Å²) >= 11 is 0. The predicted octanol–water partition coefficient (Wildman–Crippen LogP) is 0.205. The molecule has 0 aromatic rings. The van der Waals surface area contributed by atoms with Crippen LogP contribution < -0.4 is 11.2 Å². The third-order valence-corrected chi connectivity index (χ3v) is 2.09. The second-order valence-electron chi connectivity index (χ2n) is 3.65. The zero-order valence-corrected chi connectivity index (χ0v) is 9.66. The summed E-state index contributed by atoms with van der Waals surface area (Å²) in [4.78, 5) is 23.7. The summed E-state index contributed by atoms with van der Waals surface area (Å²) in [5.41, 5.74) is 2.98. The van der Waals surface area contributed by atoms with Gasteiger partial charge in [-0.1, -0.05) is 5.17 Å². The van der Waals surface area contributed by atoms with Crippen LogP contribution in [-0.2, 0) is 9.63 Å². The number of rotatable bonds is 4. The Bertz CT molecular complexity index is 486. The number of hydrogen-bond donors (Lipinski definition) is 2. The van der Waals surface area contributed by atoms with Gasteiger partial charge in [0.1, 0.15) is 0 Å². The van der Waals surface area contributed by atoms with E-state index in [-0.39, 0.29) is 0 Å². The molecule has 0 aliphatic carbocycles. The van der Waals surface area contributed by atoms with Gasteiger partial charge in [-0.15, -0.1) is 0 Å². The highest BCUT2D eigenvalue weighted by Gasteiger charge is 2.59. The molecule has 1 heterocycles. The Morgan fingerprint density at radius 1 is 1.38 bits per heavy atom. The first kappa shape index (κ1) is 17.0. The van der Waals surface area contributed by atoms with E-state index in [1.54, 1.807) is 0 Å². The van der Waals surface area contributed by atoms with E-state index in [9.17, 15) is 41.3 Å². The monoisotopic (exact) mass is 324 g/mol. The zero-order chi connectivity index (χ0) is 16.6. The molecule has 1 aliphatic heterocycles. The van der Waals surface area contributed by atoms with E-state index in [0.29, 0.717) is 0 Å². The number of hydroxylamine groups is 1. The minimum atomic E-state index is -5.39. The molecule has 1 amide bonds. The average molecular weight is 324 g/mol. The molecule has 1 aliphatic rings. The lowest BCUT2D eigenvalue weighted by Gasteiger charge is -2.24. The molecule has 0 saturated carbocycles. The molecule has 0 aromatic carbocycles. The summed E-state index contributed by atoms with van der Waals surface area (Å²) in [7, 11) is 0. The number of nitrogens with zero attached hydrogens (tertiary/aromatic N) is 2. The lowest BCUT2D eigenvalue weighted by Crippen LogP contribution is -2.49. The minimum absolute atomic E-state index is 0.578. The number of nitrogens with one attached hydrogen (secondary N) is 1. The number of halogens is 6. The van der Waals surface area contributed by atoms with E-state index in [4.69, 9.17) is 0 Å². The molecule has 120 valence electrons. The Kier molecular flexibility index (Phi) is 4.33. The summed E-state index contributed by atoms with van der Waals surface area (Å²) in [6.07, 6.45) is -10.4. The quantitative estimate of drug-likeness (QED) is 0.434. The maximum absolute atomic E-state index is 12.7. The molecule has 1 atom stereocenters. The van der Waals surface area contributed by atoms with Gasteiger partial charge in [0, 0.05) is 0 Å². The van der Waals surface area contributed by atoms with E-state index in [1.165, 1.54) is 5.43 Å². The average Bonchev–Trinajstić information content (AvgIpc) is 2.64. The van der Waals surface area contributed by atoms with Crippen LogP contribution in [0.25, 0.3) is 0 Å². The Hall–Kier alpha value is -2.09. The fraction of sp³-hybridized carbons (Fsp3) is 0.571. The molecule has 14 heteroatoms. The van der Waals surface area contributed by atoms with Gasteiger partial charge >= 0.3 is 18.0 Å². The van der Waals surface area contributed by atoms with Crippen molar-refractivity contribution in [3.05, 3.63) is 21.5 Å². The molecular weight excluding hydrogens is 318 g/mol. The molecule has 0 spiro atoms. The highest BCUT2D eigenvalue weighted by Crippen LogP contribution is 2.35. The van der Waals surface area contributed by atoms with Crippen molar-refractivity contribution in [2.24, 2.45) is 5.73 Å². The molecule has 1 unspecified atom stereocenters. The van der Waals surface area contributed by atoms with Crippen LogP contribution in [0.3, 0.4) is 0 Å². The first-order chi connectivity index (χ1) is 9.34. The highest BCUT2D eigenvalue weighted by molar-refractivity contribution is 5.92. The molecule has 21 heavy (non-hydrogen) atoms. The third-order valence-electron chi connectivity index (χ3n) is 2.09. The van der Waals surface area contributed by atoms with E-state index in [0.717, 1.165) is 0 Å². The molecule has 0 saturated heterocycles. The maximum atomic E-state index is 12.7. The van der Waals surface area contributed by atoms with E-state index < -0.39 is 52.4 Å². The van der Waals surface area contributed by atoms with Gasteiger partial charge in [0.15, 0.2) is 12.3 Å². The van der Waals surface area contributed by atoms with E-state index >= 15 is 0 Å². The molecular formula is C7H6F6N4O4. The van der Waals surface area contributed by atoms with Gasteiger partial charge in [0.25, 0.3) is 5.91 Å². The van der Waals surface area contributed by atoms with Crippen molar-refractivity contribution in [2.45, 2.75) is 18.4 Å². The maximum Gasteiger partial charge on any atom is 0.418 e. The number of amides is 1. The van der Waals surface area contributed by atoms with Crippen LogP contribution in [0.2, 0.25) is 0 Å². The summed E-state index contributed by atoms with van der Waals surface area (Å²) in [6.45, 7) is -2.16. The lowest BCUT2D eigenvalue weighted by molar-refractivity contribution is -0.447. The zero-order valence-electron chi connectivity index (χ0n) is 9.66. The van der Waals surface area contributed by atoms with E-state index in [2.05, 4.69) is 10.6 Å². The Morgan fingerprint density at radius 3 is 2.24 bits per heavy atom. The van der Waals surface area contributed by atoms with Gasteiger partial charge in [-0.25, -0.2) is 0 Å². The molecule has 0 fully saturated rings. The number of nitrogens with two attached hydrogens (primary N) is 1. The number of hydrazine groups is 1. The van der Waals surface area contributed by atoms with Crippen molar-refractivity contribution >= 4 is 5.91 Å². The Labute approximate surface area is 111 Å². The van der Waals surface area contributed by atoms with Crippen molar-refractivity contribution in [3.8, 4) is 0 Å². The lowest BCUT2D eigenvalue weighted by atomic mass is 10.2. The van der Waals surface area contributed by atoms with Gasteiger partial charge in [0.05, 0.1) is 4.92 Å². The summed E-state index contributed by atoms with van der Waals surface area (Å²) in [5, 5.41) is 10.0. The largest absolute Gasteiger partial charge is 0.418 e. The molecule has 0 bridgehead atoms. The van der Waals surface area contributed by atoms with Crippen LogP contribution in [0.4, 0.5) is 26.3 Å². The van der Waals surface area contributed by atoms with Gasteiger partial charge < -0.3 is 5.73 Å². The van der Waals surface area contributed by atoms with Gasteiger partial charge in [-0.2, -0.15) is 26.3 Å². The predicted molar refractivity (Wildman–Crippen MR) is 50.0 cm³/mol. The highest BCUT2D eigenvalue weighted by atomic mass is 19.4.